The van der Waals surface area contributed by atoms with E-state index >= 15 is 0 Å². The number of carbonyl (C=O) groups is 2. The Morgan fingerprint density at radius 2 is 1.87 bits per heavy atom. The van der Waals surface area contributed by atoms with Gasteiger partial charge in [-0.25, -0.2) is 0 Å². The summed E-state index contributed by atoms with van der Waals surface area (Å²) in [6.45, 7) is 3.94. The molecule has 2 heterocycles. The second kappa shape index (κ2) is 8.12. The molecule has 3 N–H and O–H groups in total. The third kappa shape index (κ3) is 3.88. The number of hydrogen-bond acceptors (Lipinski definition) is 5. The number of hydrazine groups is 1. The molecule has 4 rings (SSSR count). The van der Waals surface area contributed by atoms with Gasteiger partial charge in [0.2, 0.25) is 0 Å². The van der Waals surface area contributed by atoms with Crippen molar-refractivity contribution in [1.82, 2.24) is 21.0 Å². The predicted molar refractivity (Wildman–Crippen MR) is 110 cm³/mol. The lowest BCUT2D eigenvalue weighted by molar-refractivity contribution is 0.0847. The topological polar surface area (TPSA) is 109 Å². The van der Waals surface area contributed by atoms with Gasteiger partial charge < -0.3 is 14.2 Å². The summed E-state index contributed by atoms with van der Waals surface area (Å²) in [4.78, 5) is 27.9. The number of benzene rings is 2. The monoisotopic (exact) mass is 404 g/mol. The molecule has 2 amide bonds. The summed E-state index contributed by atoms with van der Waals surface area (Å²) < 4.78 is 10.9. The maximum atomic E-state index is 12.5. The number of amides is 2. The van der Waals surface area contributed by atoms with Gasteiger partial charge in [-0.1, -0.05) is 29.4 Å². The fourth-order valence-electron chi connectivity index (χ4n) is 3.10. The van der Waals surface area contributed by atoms with Gasteiger partial charge in [-0.05, 0) is 38.1 Å². The van der Waals surface area contributed by atoms with Crippen molar-refractivity contribution in [2.75, 3.05) is 0 Å². The van der Waals surface area contributed by atoms with Crippen LogP contribution < -0.4 is 15.6 Å². The van der Waals surface area contributed by atoms with Crippen LogP contribution in [0.4, 0.5) is 0 Å². The number of rotatable bonds is 5. The summed E-state index contributed by atoms with van der Waals surface area (Å²) in [5, 5.41) is 4.67. The van der Waals surface area contributed by atoms with Crippen molar-refractivity contribution < 1.29 is 18.8 Å². The molecule has 0 aliphatic carbocycles. The summed E-state index contributed by atoms with van der Waals surface area (Å²) in [7, 11) is 0. The molecular formula is C22H20N4O4. The third-order valence-electron chi connectivity index (χ3n) is 4.78. The molecule has 152 valence electrons. The molecule has 2 aromatic heterocycles. The molecule has 0 aliphatic heterocycles. The van der Waals surface area contributed by atoms with Gasteiger partial charge in [0, 0.05) is 22.7 Å². The smallest absolute Gasteiger partial charge is 0.271 e. The second-order valence-corrected chi connectivity index (χ2v) is 6.78. The largest absolute Gasteiger partial charge is 0.489 e. The van der Waals surface area contributed by atoms with Crippen molar-refractivity contribution in [2.24, 2.45) is 0 Å². The lowest BCUT2D eigenvalue weighted by Crippen LogP contribution is -2.41. The van der Waals surface area contributed by atoms with Crippen LogP contribution in [0.2, 0.25) is 0 Å². The number of nitrogens with zero attached hydrogens (tertiary/aromatic N) is 1. The van der Waals surface area contributed by atoms with E-state index in [1.54, 1.807) is 30.5 Å². The van der Waals surface area contributed by atoms with Crippen LogP contribution in [-0.2, 0) is 6.61 Å². The molecule has 0 radical (unpaired) electrons. The Morgan fingerprint density at radius 1 is 1.07 bits per heavy atom. The SMILES string of the molecule is Cc1noc(C)c1COc1cccc(C(=O)NNC(=O)c2c[nH]c3ccccc23)c1. The third-order valence-corrected chi connectivity index (χ3v) is 4.78. The number of H-pyrrole nitrogens is 1. The van der Waals surface area contributed by atoms with Crippen LogP contribution in [0.5, 0.6) is 5.75 Å². The molecule has 0 bridgehead atoms. The van der Waals surface area contributed by atoms with E-state index in [-0.39, 0.29) is 6.61 Å². The first kappa shape index (κ1) is 19.3. The van der Waals surface area contributed by atoms with Crippen molar-refractivity contribution in [3.05, 3.63) is 82.9 Å². The van der Waals surface area contributed by atoms with Gasteiger partial charge >= 0.3 is 0 Å². The molecule has 0 spiro atoms. The number of nitrogens with one attached hydrogen (secondary N) is 3. The van der Waals surface area contributed by atoms with Gasteiger partial charge in [0.05, 0.1) is 16.8 Å². The summed E-state index contributed by atoms with van der Waals surface area (Å²) in [6.07, 6.45) is 1.61. The molecule has 0 saturated carbocycles. The van der Waals surface area contributed by atoms with E-state index in [0.29, 0.717) is 22.6 Å². The summed E-state index contributed by atoms with van der Waals surface area (Å²) >= 11 is 0. The van der Waals surface area contributed by atoms with E-state index in [1.807, 2.05) is 38.1 Å². The molecule has 0 unspecified atom stereocenters. The number of ether oxygens (including phenoxy) is 1. The van der Waals surface area contributed by atoms with Crippen molar-refractivity contribution in [2.45, 2.75) is 20.5 Å². The molecular weight excluding hydrogens is 384 g/mol. The summed E-state index contributed by atoms with van der Waals surface area (Å²) in [5.41, 5.74) is 8.16. The van der Waals surface area contributed by atoms with Crippen molar-refractivity contribution >= 4 is 22.7 Å². The van der Waals surface area contributed by atoms with Gasteiger partial charge in [0.15, 0.2) is 0 Å². The van der Waals surface area contributed by atoms with Crippen LogP contribution in [0.3, 0.4) is 0 Å². The minimum absolute atomic E-state index is 0.281. The number of carbonyl (C=O) groups excluding carboxylic acids is 2. The average molecular weight is 404 g/mol. The number of fused-ring (bicyclic) bond motifs is 1. The quantitative estimate of drug-likeness (QED) is 0.442. The highest BCUT2D eigenvalue weighted by Gasteiger charge is 2.14. The van der Waals surface area contributed by atoms with Crippen LogP contribution in [0.25, 0.3) is 10.9 Å². The van der Waals surface area contributed by atoms with Crippen LogP contribution in [0.1, 0.15) is 37.7 Å². The number of aryl methyl sites for hydroxylation is 2. The Morgan fingerprint density at radius 3 is 2.67 bits per heavy atom. The number of hydrogen-bond donors (Lipinski definition) is 3. The normalized spacial score (nSPS) is 10.7. The minimum atomic E-state index is -0.453. The molecule has 8 nitrogen and oxygen atoms in total. The zero-order chi connectivity index (χ0) is 21.1. The van der Waals surface area contributed by atoms with Gasteiger partial charge in [0.25, 0.3) is 11.8 Å². The summed E-state index contributed by atoms with van der Waals surface area (Å²) in [6, 6.07) is 14.1. The highest BCUT2D eigenvalue weighted by Crippen LogP contribution is 2.19. The van der Waals surface area contributed by atoms with Crippen LogP contribution in [0.15, 0.2) is 59.3 Å². The van der Waals surface area contributed by atoms with Crippen molar-refractivity contribution in [3.63, 3.8) is 0 Å². The Hall–Kier alpha value is -4.07. The van der Waals surface area contributed by atoms with Gasteiger partial charge in [-0.15, -0.1) is 0 Å². The average Bonchev–Trinajstić information content (AvgIpc) is 3.33. The maximum absolute atomic E-state index is 12.5. The zero-order valence-electron chi connectivity index (χ0n) is 16.5. The van der Waals surface area contributed by atoms with E-state index in [4.69, 9.17) is 9.26 Å². The predicted octanol–water partition coefficient (Wildman–Crippen LogP) is 3.43. The highest BCUT2D eigenvalue weighted by atomic mass is 16.5. The van der Waals surface area contributed by atoms with Crippen LogP contribution in [-0.4, -0.2) is 22.0 Å². The molecule has 0 saturated heterocycles. The molecule has 8 heteroatoms. The van der Waals surface area contributed by atoms with Gasteiger partial charge in [-0.2, -0.15) is 0 Å². The number of aromatic nitrogens is 2. The Labute approximate surface area is 172 Å². The Bertz CT molecular complexity index is 1210. The lowest BCUT2D eigenvalue weighted by atomic mass is 10.2. The Balaban J connectivity index is 1.39. The fraction of sp³-hybridized carbons (Fsp3) is 0.136. The van der Waals surface area contributed by atoms with Crippen molar-refractivity contribution in [3.8, 4) is 5.75 Å². The molecule has 0 aliphatic rings. The standard InChI is InChI=1S/C22H20N4O4/c1-13-19(14(2)30-26-13)12-29-16-7-5-6-15(10-16)21(27)24-25-22(28)18-11-23-20-9-4-3-8-17(18)20/h3-11,23H,12H2,1-2H3,(H,24,27)(H,25,28). The van der Waals surface area contributed by atoms with Crippen LogP contribution >= 0.6 is 0 Å². The first-order chi connectivity index (χ1) is 14.5. The second-order valence-electron chi connectivity index (χ2n) is 6.78. The van der Waals surface area contributed by atoms with Gasteiger partial charge in [0.1, 0.15) is 18.1 Å². The van der Waals surface area contributed by atoms with Gasteiger partial charge in [-0.3, -0.25) is 20.4 Å². The molecule has 4 aromatic rings. The molecule has 0 fully saturated rings. The fourth-order valence-corrected chi connectivity index (χ4v) is 3.10. The Kier molecular flexibility index (Phi) is 5.21. The first-order valence-electron chi connectivity index (χ1n) is 9.34. The zero-order valence-corrected chi connectivity index (χ0v) is 16.5. The maximum Gasteiger partial charge on any atom is 0.271 e. The minimum Gasteiger partial charge on any atom is -0.489 e. The van der Waals surface area contributed by atoms with E-state index in [0.717, 1.165) is 22.2 Å². The highest BCUT2D eigenvalue weighted by molar-refractivity contribution is 6.07. The molecule has 2 aromatic carbocycles. The summed E-state index contributed by atoms with van der Waals surface area (Å²) in [5.74, 6) is 0.351. The first-order valence-corrected chi connectivity index (χ1v) is 9.34. The van der Waals surface area contributed by atoms with E-state index < -0.39 is 11.8 Å². The lowest BCUT2D eigenvalue weighted by Gasteiger charge is -2.09. The van der Waals surface area contributed by atoms with E-state index in [9.17, 15) is 9.59 Å². The number of aromatic amines is 1. The number of para-hydroxylation sites is 1. The van der Waals surface area contributed by atoms with E-state index in [1.165, 1.54) is 0 Å². The molecule has 0 atom stereocenters. The van der Waals surface area contributed by atoms with Crippen molar-refractivity contribution in [1.29, 1.82) is 0 Å². The van der Waals surface area contributed by atoms with E-state index in [2.05, 4.69) is 21.0 Å². The van der Waals surface area contributed by atoms with Crippen LogP contribution in [0, 0.1) is 13.8 Å². The molecule has 30 heavy (non-hydrogen) atoms.